The van der Waals surface area contributed by atoms with Crippen molar-refractivity contribution in [2.45, 2.75) is 6.92 Å². The smallest absolute Gasteiger partial charge is 0.283 e. The van der Waals surface area contributed by atoms with Crippen LogP contribution in [0.15, 0.2) is 59.4 Å². The topological polar surface area (TPSA) is 111 Å². The number of non-ortho nitro benzene ring substituents is 1. The molecule has 0 unspecified atom stereocenters. The fraction of sp³-hybridized carbons (Fsp3) is 0.100. The van der Waals surface area contributed by atoms with Gasteiger partial charge in [0.15, 0.2) is 5.11 Å². The molecule has 156 valence electrons. The molecule has 31 heavy (non-hydrogen) atoms. The number of nitro benzene ring substituents is 1. The fourth-order valence-corrected chi connectivity index (χ4v) is 3.79. The molecule has 11 heteroatoms. The van der Waals surface area contributed by atoms with Crippen molar-refractivity contribution in [2.75, 3.05) is 9.80 Å². The summed E-state index contributed by atoms with van der Waals surface area (Å²) in [5, 5.41) is 10.7. The lowest BCUT2D eigenvalue weighted by Gasteiger charge is -2.17. The minimum Gasteiger partial charge on any atom is -0.283 e. The van der Waals surface area contributed by atoms with Crippen LogP contribution < -0.4 is 15.4 Å². The molecule has 0 radical (unpaired) electrons. The van der Waals surface area contributed by atoms with Crippen molar-refractivity contribution in [3.63, 3.8) is 0 Å². The molecule has 2 aromatic carbocycles. The molecule has 1 fully saturated rings. The number of carbonyl (C=O) groups excluding carboxylic acids is 2. The maximum Gasteiger partial charge on any atom is 0.323 e. The van der Waals surface area contributed by atoms with Crippen LogP contribution in [0.5, 0.6) is 0 Å². The Bertz CT molecular complexity index is 1310. The van der Waals surface area contributed by atoms with Crippen molar-refractivity contribution in [1.29, 1.82) is 0 Å². The highest BCUT2D eigenvalue weighted by atomic mass is 32.1. The van der Waals surface area contributed by atoms with E-state index in [1.165, 1.54) is 28.9 Å². The standard InChI is InChI=1S/C20H15N5O5S/c1-12-16(17(26)24(21(12)2)14-6-4-3-5-7-14)23-19(28)18(27)22(20(23)31)13-8-10-15(11-9-13)25(29)30/h3-11H,1-2H3. The van der Waals surface area contributed by atoms with Crippen LogP contribution in [0.2, 0.25) is 0 Å². The third-order valence-electron chi connectivity index (χ3n) is 5.04. The van der Waals surface area contributed by atoms with Crippen LogP contribution in [0.4, 0.5) is 17.1 Å². The Morgan fingerprint density at radius 1 is 0.871 bits per heavy atom. The summed E-state index contributed by atoms with van der Waals surface area (Å²) in [4.78, 5) is 50.9. The van der Waals surface area contributed by atoms with Crippen molar-refractivity contribution < 1.29 is 14.5 Å². The molecule has 1 aliphatic rings. The molecule has 2 amide bonds. The van der Waals surface area contributed by atoms with E-state index in [0.717, 1.165) is 9.80 Å². The normalized spacial score (nSPS) is 13.9. The molecule has 0 saturated carbocycles. The van der Waals surface area contributed by atoms with Crippen LogP contribution in [-0.4, -0.2) is 31.2 Å². The lowest BCUT2D eigenvalue weighted by molar-refractivity contribution is -0.384. The van der Waals surface area contributed by atoms with E-state index >= 15 is 0 Å². The van der Waals surface area contributed by atoms with E-state index in [0.29, 0.717) is 11.4 Å². The van der Waals surface area contributed by atoms with E-state index in [1.807, 2.05) is 6.07 Å². The molecule has 1 aromatic heterocycles. The van der Waals surface area contributed by atoms with Gasteiger partial charge in [-0.05, 0) is 43.4 Å². The Kier molecular flexibility index (Phi) is 4.74. The van der Waals surface area contributed by atoms with E-state index in [-0.39, 0.29) is 22.2 Å². The van der Waals surface area contributed by atoms with Crippen LogP contribution >= 0.6 is 12.2 Å². The number of carbonyl (C=O) groups is 2. The molecule has 10 nitrogen and oxygen atoms in total. The number of anilines is 2. The minimum absolute atomic E-state index is 0.0286. The third kappa shape index (κ3) is 3.02. The second-order valence-electron chi connectivity index (χ2n) is 6.75. The Morgan fingerprint density at radius 2 is 1.45 bits per heavy atom. The molecule has 1 saturated heterocycles. The van der Waals surface area contributed by atoms with Crippen molar-refractivity contribution in [1.82, 2.24) is 9.36 Å². The second-order valence-corrected chi connectivity index (χ2v) is 7.11. The largest absolute Gasteiger partial charge is 0.323 e. The SMILES string of the molecule is Cc1c(N2C(=O)C(=O)N(c3ccc([N+](=O)[O-])cc3)C2=S)c(=O)n(-c2ccccc2)n1C. The average Bonchev–Trinajstić information content (AvgIpc) is 3.11. The second kappa shape index (κ2) is 7.29. The first kappa shape index (κ1) is 20.2. The van der Waals surface area contributed by atoms with E-state index in [2.05, 4.69) is 0 Å². The number of hydrogen-bond acceptors (Lipinski definition) is 6. The molecule has 0 spiro atoms. The fourth-order valence-electron chi connectivity index (χ4n) is 3.42. The average molecular weight is 437 g/mol. The van der Waals surface area contributed by atoms with Gasteiger partial charge in [-0.15, -0.1) is 0 Å². The van der Waals surface area contributed by atoms with Gasteiger partial charge >= 0.3 is 11.8 Å². The van der Waals surface area contributed by atoms with Gasteiger partial charge in [-0.25, -0.2) is 14.5 Å². The van der Waals surface area contributed by atoms with Gasteiger partial charge < -0.3 is 0 Å². The lowest BCUT2D eigenvalue weighted by Crippen LogP contribution is -2.36. The number of nitrogens with zero attached hydrogens (tertiary/aromatic N) is 5. The zero-order valence-electron chi connectivity index (χ0n) is 16.4. The van der Waals surface area contributed by atoms with Crippen LogP contribution in [0.1, 0.15) is 5.69 Å². The first-order valence-electron chi connectivity index (χ1n) is 9.05. The highest BCUT2D eigenvalue weighted by molar-refractivity contribution is 7.81. The van der Waals surface area contributed by atoms with E-state index in [4.69, 9.17) is 12.2 Å². The quantitative estimate of drug-likeness (QED) is 0.267. The van der Waals surface area contributed by atoms with Gasteiger partial charge in [0.25, 0.3) is 11.2 Å². The highest BCUT2D eigenvalue weighted by Gasteiger charge is 2.46. The summed E-state index contributed by atoms with van der Waals surface area (Å²) in [6.45, 7) is 1.64. The molecule has 0 N–H and O–H groups in total. The predicted molar refractivity (Wildman–Crippen MR) is 116 cm³/mol. The number of para-hydroxylation sites is 1. The molecule has 4 rings (SSSR count). The summed E-state index contributed by atoms with van der Waals surface area (Å²) in [6.07, 6.45) is 0. The Balaban J connectivity index is 1.80. The molecule has 1 aliphatic heterocycles. The molecule has 0 bridgehead atoms. The van der Waals surface area contributed by atoms with Gasteiger partial charge in [0, 0.05) is 19.2 Å². The highest BCUT2D eigenvalue weighted by Crippen LogP contribution is 2.29. The Hall–Kier alpha value is -4.12. The van der Waals surface area contributed by atoms with Gasteiger partial charge in [0.05, 0.1) is 22.0 Å². The Labute approximate surface area is 180 Å². The summed E-state index contributed by atoms with van der Waals surface area (Å²) in [7, 11) is 1.66. The molecular formula is C20H15N5O5S. The summed E-state index contributed by atoms with van der Waals surface area (Å²) in [6, 6.07) is 13.9. The summed E-state index contributed by atoms with van der Waals surface area (Å²) < 4.78 is 2.95. The summed E-state index contributed by atoms with van der Waals surface area (Å²) >= 11 is 5.37. The molecular weight excluding hydrogens is 422 g/mol. The molecule has 3 aromatic rings. The molecule has 0 atom stereocenters. The van der Waals surface area contributed by atoms with Crippen molar-refractivity contribution in [2.24, 2.45) is 7.05 Å². The van der Waals surface area contributed by atoms with E-state index < -0.39 is 22.3 Å². The number of nitro groups is 1. The Morgan fingerprint density at radius 3 is 2.03 bits per heavy atom. The third-order valence-corrected chi connectivity index (χ3v) is 5.40. The number of amides is 2. The van der Waals surface area contributed by atoms with Gasteiger partial charge in [0.2, 0.25) is 0 Å². The van der Waals surface area contributed by atoms with E-state index in [9.17, 15) is 24.5 Å². The lowest BCUT2D eigenvalue weighted by atomic mass is 10.2. The molecule has 2 heterocycles. The van der Waals surface area contributed by atoms with Gasteiger partial charge in [0.1, 0.15) is 5.69 Å². The number of thiocarbonyl (C=S) groups is 1. The van der Waals surface area contributed by atoms with Gasteiger partial charge in [-0.2, -0.15) is 0 Å². The minimum atomic E-state index is -0.977. The van der Waals surface area contributed by atoms with Crippen LogP contribution in [0.25, 0.3) is 5.69 Å². The van der Waals surface area contributed by atoms with Crippen LogP contribution in [-0.2, 0) is 16.6 Å². The number of hydrogen-bond donors (Lipinski definition) is 0. The van der Waals surface area contributed by atoms with E-state index in [1.54, 1.807) is 42.9 Å². The van der Waals surface area contributed by atoms with Crippen molar-refractivity contribution in [3.05, 3.63) is 80.8 Å². The van der Waals surface area contributed by atoms with Crippen LogP contribution in [0, 0.1) is 17.0 Å². The maximum atomic E-state index is 13.2. The maximum absolute atomic E-state index is 13.2. The zero-order chi connectivity index (χ0) is 22.4. The summed E-state index contributed by atoms with van der Waals surface area (Å²) in [5.74, 6) is -1.93. The van der Waals surface area contributed by atoms with Crippen molar-refractivity contribution in [3.8, 4) is 5.69 Å². The monoisotopic (exact) mass is 437 g/mol. The predicted octanol–water partition coefficient (Wildman–Crippen LogP) is 2.06. The van der Waals surface area contributed by atoms with Gasteiger partial charge in [-0.1, -0.05) is 18.2 Å². The number of rotatable bonds is 4. The van der Waals surface area contributed by atoms with Crippen LogP contribution in [0.3, 0.4) is 0 Å². The van der Waals surface area contributed by atoms with Gasteiger partial charge in [-0.3, -0.25) is 29.2 Å². The first-order valence-corrected chi connectivity index (χ1v) is 9.46. The zero-order valence-corrected chi connectivity index (χ0v) is 17.2. The number of benzene rings is 2. The first-order chi connectivity index (χ1) is 14.7. The molecule has 0 aliphatic carbocycles. The summed E-state index contributed by atoms with van der Waals surface area (Å²) in [5.41, 5.74) is 0.491. The van der Waals surface area contributed by atoms with Crippen molar-refractivity contribution >= 4 is 46.2 Å². The number of aromatic nitrogens is 2.